The molecule has 4 aromatic heterocycles. The van der Waals surface area contributed by atoms with Gasteiger partial charge in [0, 0.05) is 37.0 Å². The van der Waals surface area contributed by atoms with Crippen molar-refractivity contribution in [3.8, 4) is 0 Å². The third-order valence-electron chi connectivity index (χ3n) is 5.35. The predicted octanol–water partition coefficient (Wildman–Crippen LogP) is 4.09. The highest BCUT2D eigenvalue weighted by molar-refractivity contribution is 7.80. The van der Waals surface area contributed by atoms with Crippen LogP contribution >= 0.6 is 12.2 Å². The van der Waals surface area contributed by atoms with Crippen molar-refractivity contribution in [3.05, 3.63) is 108 Å². The van der Waals surface area contributed by atoms with E-state index in [1.165, 1.54) is 0 Å². The Kier molecular flexibility index (Phi) is 5.03. The zero-order valence-corrected chi connectivity index (χ0v) is 17.1. The number of nitrogens with zero attached hydrogens (tertiary/aromatic N) is 4. The van der Waals surface area contributed by atoms with Gasteiger partial charge in [-0.3, -0.25) is 9.97 Å². The lowest BCUT2D eigenvalue weighted by Crippen LogP contribution is -2.30. The van der Waals surface area contributed by atoms with Gasteiger partial charge in [-0.1, -0.05) is 12.1 Å². The van der Waals surface area contributed by atoms with Crippen LogP contribution in [0.15, 0.2) is 90.1 Å². The number of thiocarbonyl (C=S) groups is 1. The smallest absolute Gasteiger partial charge is 0.170 e. The van der Waals surface area contributed by atoms with Crippen molar-refractivity contribution in [1.29, 1.82) is 0 Å². The molecule has 5 rings (SSSR count). The van der Waals surface area contributed by atoms with Crippen molar-refractivity contribution < 1.29 is 4.42 Å². The molecule has 0 unspecified atom stereocenters. The fraction of sp³-hybridized carbons (Fsp3) is 0.174. The highest BCUT2D eigenvalue weighted by Gasteiger charge is 2.41. The summed E-state index contributed by atoms with van der Waals surface area (Å²) in [7, 11) is 0. The van der Waals surface area contributed by atoms with Crippen LogP contribution in [0.2, 0.25) is 0 Å². The van der Waals surface area contributed by atoms with Crippen LogP contribution in [0.1, 0.15) is 34.8 Å². The second-order valence-corrected chi connectivity index (χ2v) is 7.64. The molecule has 5 heterocycles. The summed E-state index contributed by atoms with van der Waals surface area (Å²) in [6.07, 6.45) is 9.31. The molecule has 0 saturated carbocycles. The summed E-state index contributed by atoms with van der Waals surface area (Å²) in [5.74, 6) is 0.871. The van der Waals surface area contributed by atoms with E-state index in [0.29, 0.717) is 11.7 Å². The van der Waals surface area contributed by atoms with Crippen molar-refractivity contribution in [1.82, 2.24) is 24.8 Å². The second-order valence-electron chi connectivity index (χ2n) is 7.26. The summed E-state index contributed by atoms with van der Waals surface area (Å²) in [5, 5.41) is 4.19. The molecule has 7 heteroatoms. The molecule has 0 bridgehead atoms. The summed E-state index contributed by atoms with van der Waals surface area (Å²) >= 11 is 5.74. The van der Waals surface area contributed by atoms with Crippen molar-refractivity contribution in [2.45, 2.75) is 25.2 Å². The quantitative estimate of drug-likeness (QED) is 0.479. The average molecular weight is 416 g/mol. The first-order valence-electron chi connectivity index (χ1n) is 9.84. The molecule has 2 atom stereocenters. The minimum atomic E-state index is -0.0591. The van der Waals surface area contributed by atoms with E-state index in [1.807, 2.05) is 48.8 Å². The Labute approximate surface area is 180 Å². The average Bonchev–Trinajstić information content (AvgIpc) is 3.52. The molecule has 30 heavy (non-hydrogen) atoms. The molecule has 0 aliphatic carbocycles. The molecule has 1 saturated heterocycles. The Balaban J connectivity index is 1.54. The number of pyridine rings is 2. The van der Waals surface area contributed by atoms with Crippen LogP contribution in [-0.2, 0) is 13.1 Å². The van der Waals surface area contributed by atoms with E-state index in [9.17, 15) is 0 Å². The summed E-state index contributed by atoms with van der Waals surface area (Å²) in [6, 6.07) is 18.1. The van der Waals surface area contributed by atoms with Gasteiger partial charge in [0.1, 0.15) is 5.76 Å². The highest BCUT2D eigenvalue weighted by atomic mass is 32.1. The van der Waals surface area contributed by atoms with E-state index >= 15 is 0 Å². The molecule has 0 aromatic carbocycles. The van der Waals surface area contributed by atoms with Crippen LogP contribution in [0, 0.1) is 0 Å². The number of hydrogen-bond donors (Lipinski definition) is 1. The van der Waals surface area contributed by atoms with E-state index in [1.54, 1.807) is 12.5 Å². The molecule has 6 nitrogen and oxygen atoms in total. The van der Waals surface area contributed by atoms with Crippen LogP contribution in [0.4, 0.5) is 0 Å². The monoisotopic (exact) mass is 415 g/mol. The largest absolute Gasteiger partial charge is 0.467 e. The molecule has 0 spiro atoms. The third-order valence-corrected chi connectivity index (χ3v) is 5.70. The molecular formula is C23H21N5OS. The van der Waals surface area contributed by atoms with Crippen LogP contribution in [0.3, 0.4) is 0 Å². The van der Waals surface area contributed by atoms with Crippen LogP contribution in [-0.4, -0.2) is 24.5 Å². The lowest BCUT2D eigenvalue weighted by atomic mass is 10.0. The van der Waals surface area contributed by atoms with Gasteiger partial charge in [-0.15, -0.1) is 0 Å². The summed E-state index contributed by atoms with van der Waals surface area (Å²) in [4.78, 5) is 11.0. The molecule has 1 N–H and O–H groups in total. The molecule has 150 valence electrons. The van der Waals surface area contributed by atoms with Gasteiger partial charge in [0.25, 0.3) is 0 Å². The van der Waals surface area contributed by atoms with Gasteiger partial charge >= 0.3 is 0 Å². The van der Waals surface area contributed by atoms with E-state index in [2.05, 4.69) is 49.1 Å². The zero-order chi connectivity index (χ0) is 20.3. The Bertz CT molecular complexity index is 1110. The Morgan fingerprint density at radius 2 is 1.97 bits per heavy atom. The van der Waals surface area contributed by atoms with Gasteiger partial charge in [0.2, 0.25) is 0 Å². The van der Waals surface area contributed by atoms with Gasteiger partial charge in [-0.2, -0.15) is 0 Å². The van der Waals surface area contributed by atoms with Crippen molar-refractivity contribution >= 4 is 17.3 Å². The Hall–Kier alpha value is -3.45. The number of rotatable bonds is 6. The fourth-order valence-corrected chi connectivity index (χ4v) is 4.30. The Morgan fingerprint density at radius 3 is 2.73 bits per heavy atom. The van der Waals surface area contributed by atoms with Crippen molar-refractivity contribution in [2.75, 3.05) is 0 Å². The van der Waals surface area contributed by atoms with E-state index in [-0.39, 0.29) is 12.1 Å². The van der Waals surface area contributed by atoms with Crippen LogP contribution < -0.4 is 5.32 Å². The topological polar surface area (TPSA) is 59.1 Å². The summed E-state index contributed by atoms with van der Waals surface area (Å²) in [6.45, 7) is 1.33. The van der Waals surface area contributed by atoms with Gasteiger partial charge in [-0.25, -0.2) is 0 Å². The Morgan fingerprint density at radius 1 is 1.00 bits per heavy atom. The molecule has 1 aliphatic rings. The lowest BCUT2D eigenvalue weighted by molar-refractivity contribution is 0.277. The second kappa shape index (κ2) is 8.12. The van der Waals surface area contributed by atoms with Gasteiger partial charge < -0.3 is 19.2 Å². The van der Waals surface area contributed by atoms with Crippen LogP contribution in [0.5, 0.6) is 0 Å². The minimum Gasteiger partial charge on any atom is -0.467 e. The SMILES string of the molecule is S=C1N[C@H](c2ccccn2)[C@@H](c2cccn2Cc2cccnc2)N1Cc1ccco1. The highest BCUT2D eigenvalue weighted by Crippen LogP contribution is 2.39. The molecule has 0 radical (unpaired) electrons. The van der Waals surface area contributed by atoms with Gasteiger partial charge in [-0.05, 0) is 60.2 Å². The number of aromatic nitrogens is 3. The van der Waals surface area contributed by atoms with Crippen molar-refractivity contribution in [3.63, 3.8) is 0 Å². The number of furan rings is 1. The summed E-state index contributed by atoms with van der Waals surface area (Å²) in [5.41, 5.74) is 3.27. The van der Waals surface area contributed by atoms with Gasteiger partial charge in [0.05, 0.1) is 30.6 Å². The fourth-order valence-electron chi connectivity index (χ4n) is 4.00. The zero-order valence-electron chi connectivity index (χ0n) is 16.3. The lowest BCUT2D eigenvalue weighted by Gasteiger charge is -2.28. The molecule has 0 amide bonds. The molecular weight excluding hydrogens is 394 g/mol. The summed E-state index contributed by atoms with van der Waals surface area (Å²) < 4.78 is 7.87. The van der Waals surface area contributed by atoms with Crippen LogP contribution in [0.25, 0.3) is 0 Å². The first kappa shape index (κ1) is 18.6. The van der Waals surface area contributed by atoms with E-state index < -0.39 is 0 Å². The standard InChI is InChI=1S/C23H21N5OS/c30-23-26-21(19-8-1-2-11-25-19)22(28(23)16-18-7-5-13-29-18)20-9-4-12-27(20)15-17-6-3-10-24-14-17/h1-14,21-22H,15-16H2,(H,26,30)/t21-,22-/m1/s1. The van der Waals surface area contributed by atoms with E-state index in [4.69, 9.17) is 16.6 Å². The number of nitrogens with one attached hydrogen (secondary N) is 1. The van der Waals surface area contributed by atoms with Gasteiger partial charge in [0.15, 0.2) is 5.11 Å². The maximum Gasteiger partial charge on any atom is 0.170 e. The third kappa shape index (κ3) is 3.59. The maximum absolute atomic E-state index is 5.74. The van der Waals surface area contributed by atoms with Crippen molar-refractivity contribution in [2.24, 2.45) is 0 Å². The normalized spacial score (nSPS) is 18.5. The first-order valence-corrected chi connectivity index (χ1v) is 10.2. The molecule has 1 aliphatic heterocycles. The first-order chi connectivity index (χ1) is 14.8. The maximum atomic E-state index is 5.74. The molecule has 4 aromatic rings. The minimum absolute atomic E-state index is 0.0239. The number of hydrogen-bond acceptors (Lipinski definition) is 4. The predicted molar refractivity (Wildman–Crippen MR) is 117 cm³/mol. The molecule has 1 fully saturated rings. The van der Waals surface area contributed by atoms with E-state index in [0.717, 1.165) is 29.3 Å².